The van der Waals surface area contributed by atoms with Gasteiger partial charge in [-0.3, -0.25) is 0 Å². The van der Waals surface area contributed by atoms with Gasteiger partial charge in [0.15, 0.2) is 0 Å². The monoisotopic (exact) mass is 251 g/mol. The van der Waals surface area contributed by atoms with Crippen molar-refractivity contribution in [3.05, 3.63) is 21.4 Å². The van der Waals surface area contributed by atoms with E-state index in [1.807, 2.05) is 0 Å². The lowest BCUT2D eigenvalue weighted by Gasteiger charge is -2.22. The zero-order valence-electron chi connectivity index (χ0n) is 11.4. The van der Waals surface area contributed by atoms with Crippen LogP contribution in [0.15, 0.2) is 6.07 Å². The molecule has 2 atom stereocenters. The Morgan fingerprint density at radius 2 is 2.06 bits per heavy atom. The Kier molecular flexibility index (Phi) is 4.63. The summed E-state index contributed by atoms with van der Waals surface area (Å²) < 4.78 is 0. The van der Waals surface area contributed by atoms with Gasteiger partial charge in [0.2, 0.25) is 0 Å². The molecule has 1 heterocycles. The Morgan fingerprint density at radius 3 is 2.71 bits per heavy atom. The lowest BCUT2D eigenvalue weighted by atomic mass is 9.95. The van der Waals surface area contributed by atoms with Crippen LogP contribution in [0.2, 0.25) is 0 Å². The summed E-state index contributed by atoms with van der Waals surface area (Å²) in [4.78, 5) is 3.24. The molecule has 1 aliphatic rings. The van der Waals surface area contributed by atoms with Crippen molar-refractivity contribution in [2.24, 2.45) is 5.92 Å². The van der Waals surface area contributed by atoms with Crippen molar-refractivity contribution in [3.8, 4) is 0 Å². The summed E-state index contributed by atoms with van der Waals surface area (Å²) in [6, 6.07) is 3.05. The number of rotatable bonds is 5. The molecule has 1 aromatic rings. The molecule has 0 spiro atoms. The Balaban J connectivity index is 2.20. The molecule has 2 heteroatoms. The number of thiophene rings is 1. The molecule has 0 aliphatic heterocycles. The summed E-state index contributed by atoms with van der Waals surface area (Å²) in [5, 5.41) is 3.67. The molecule has 0 saturated heterocycles. The Hall–Kier alpha value is -0.340. The van der Waals surface area contributed by atoms with Crippen LogP contribution in [0, 0.1) is 5.92 Å². The second kappa shape index (κ2) is 6.01. The highest BCUT2D eigenvalue weighted by molar-refractivity contribution is 7.12. The first-order valence-electron chi connectivity index (χ1n) is 7.11. The molecule has 0 aromatic carbocycles. The average molecular weight is 251 g/mol. The fourth-order valence-electron chi connectivity index (χ4n) is 2.70. The van der Waals surface area contributed by atoms with Crippen molar-refractivity contribution >= 4 is 11.3 Å². The minimum atomic E-state index is 0.570. The summed E-state index contributed by atoms with van der Waals surface area (Å²) in [5.41, 5.74) is 1.64. The van der Waals surface area contributed by atoms with Crippen LogP contribution < -0.4 is 5.32 Å². The minimum absolute atomic E-state index is 0.570. The molecular weight excluding hydrogens is 226 g/mol. The molecule has 0 radical (unpaired) electrons. The number of nitrogens with one attached hydrogen (secondary N) is 1. The van der Waals surface area contributed by atoms with Crippen LogP contribution in [0.25, 0.3) is 0 Å². The van der Waals surface area contributed by atoms with E-state index in [0.717, 1.165) is 12.5 Å². The predicted molar refractivity (Wildman–Crippen MR) is 76.8 cm³/mol. The molecule has 1 nitrogen and oxygen atoms in total. The average Bonchev–Trinajstić information content (AvgIpc) is 2.78. The number of hydrogen-bond acceptors (Lipinski definition) is 2. The first kappa shape index (κ1) is 13.1. The topological polar surface area (TPSA) is 12.0 Å². The summed E-state index contributed by atoms with van der Waals surface area (Å²) in [6.45, 7) is 7.94. The van der Waals surface area contributed by atoms with Crippen LogP contribution in [-0.4, -0.2) is 6.54 Å². The second-order valence-corrected chi connectivity index (χ2v) is 6.39. The highest BCUT2D eigenvalue weighted by Gasteiger charge is 2.22. The lowest BCUT2D eigenvalue weighted by molar-refractivity contribution is 0.389. The summed E-state index contributed by atoms with van der Waals surface area (Å²) in [7, 11) is 0. The third-order valence-electron chi connectivity index (χ3n) is 3.96. The van der Waals surface area contributed by atoms with Crippen LogP contribution in [0.4, 0.5) is 0 Å². The maximum atomic E-state index is 3.67. The molecule has 2 rings (SSSR count). The number of aryl methyl sites for hydroxylation is 2. The van der Waals surface area contributed by atoms with E-state index >= 15 is 0 Å². The van der Waals surface area contributed by atoms with E-state index in [1.165, 1.54) is 32.1 Å². The van der Waals surface area contributed by atoms with Crippen molar-refractivity contribution in [1.29, 1.82) is 0 Å². The van der Waals surface area contributed by atoms with E-state index in [4.69, 9.17) is 0 Å². The van der Waals surface area contributed by atoms with Gasteiger partial charge in [-0.05, 0) is 49.8 Å². The van der Waals surface area contributed by atoms with Crippen molar-refractivity contribution in [2.45, 2.75) is 58.9 Å². The van der Waals surface area contributed by atoms with Gasteiger partial charge in [0.25, 0.3) is 0 Å². The maximum Gasteiger partial charge on any atom is 0.0440 e. The van der Waals surface area contributed by atoms with Gasteiger partial charge >= 0.3 is 0 Å². The molecular formula is C15H25NS. The van der Waals surface area contributed by atoms with E-state index in [-0.39, 0.29) is 0 Å². The molecule has 1 aliphatic carbocycles. The van der Waals surface area contributed by atoms with Gasteiger partial charge in [0, 0.05) is 15.8 Å². The quantitative estimate of drug-likeness (QED) is 0.821. The first-order valence-corrected chi connectivity index (χ1v) is 7.92. The van der Waals surface area contributed by atoms with Gasteiger partial charge in [0.1, 0.15) is 0 Å². The highest BCUT2D eigenvalue weighted by Crippen LogP contribution is 2.36. The zero-order chi connectivity index (χ0) is 12.3. The largest absolute Gasteiger partial charge is 0.309 e. The second-order valence-electron chi connectivity index (χ2n) is 5.23. The highest BCUT2D eigenvalue weighted by atomic mass is 32.1. The van der Waals surface area contributed by atoms with Gasteiger partial charge in [0.05, 0.1) is 0 Å². The van der Waals surface area contributed by atoms with Crippen LogP contribution >= 0.6 is 11.3 Å². The lowest BCUT2D eigenvalue weighted by Crippen LogP contribution is -2.25. The van der Waals surface area contributed by atoms with Gasteiger partial charge < -0.3 is 5.32 Å². The predicted octanol–water partition coefficient (Wildman–Crippen LogP) is 4.32. The van der Waals surface area contributed by atoms with Gasteiger partial charge in [-0.2, -0.15) is 0 Å². The van der Waals surface area contributed by atoms with E-state index in [2.05, 4.69) is 43.5 Å². The zero-order valence-corrected chi connectivity index (χ0v) is 12.2. The summed E-state index contributed by atoms with van der Waals surface area (Å²) >= 11 is 2.06. The minimum Gasteiger partial charge on any atom is -0.309 e. The van der Waals surface area contributed by atoms with E-state index in [9.17, 15) is 0 Å². The number of fused-ring (bicyclic) bond motifs is 1. The van der Waals surface area contributed by atoms with Crippen molar-refractivity contribution in [2.75, 3.05) is 6.54 Å². The summed E-state index contributed by atoms with van der Waals surface area (Å²) in [5.74, 6) is 0.732. The first-order chi connectivity index (χ1) is 8.26. The number of hydrogen-bond donors (Lipinski definition) is 1. The van der Waals surface area contributed by atoms with Crippen molar-refractivity contribution in [3.63, 3.8) is 0 Å². The fraction of sp³-hybridized carbons (Fsp3) is 0.733. The molecule has 1 aromatic heterocycles. The summed E-state index contributed by atoms with van der Waals surface area (Å²) in [6.07, 6.45) is 6.66. The van der Waals surface area contributed by atoms with Crippen molar-refractivity contribution in [1.82, 2.24) is 5.32 Å². The normalized spacial score (nSPS) is 18.8. The standard InChI is InChI=1S/C15H25NS/c1-4-11(3)15(16-5-2)14-10-12-8-6-7-9-13(12)17-14/h10-11,15-16H,4-9H2,1-3H3. The van der Waals surface area contributed by atoms with Crippen LogP contribution in [0.3, 0.4) is 0 Å². The fourth-order valence-corrected chi connectivity index (χ4v) is 4.17. The molecule has 1 N–H and O–H groups in total. The van der Waals surface area contributed by atoms with E-state index in [1.54, 1.807) is 15.3 Å². The molecule has 0 saturated carbocycles. The Morgan fingerprint density at radius 1 is 1.29 bits per heavy atom. The smallest absolute Gasteiger partial charge is 0.0440 e. The van der Waals surface area contributed by atoms with Gasteiger partial charge in [-0.25, -0.2) is 0 Å². The molecule has 0 amide bonds. The molecule has 96 valence electrons. The van der Waals surface area contributed by atoms with E-state index in [0.29, 0.717) is 6.04 Å². The molecule has 17 heavy (non-hydrogen) atoms. The third kappa shape index (κ3) is 2.92. The Labute approximate surface area is 110 Å². The van der Waals surface area contributed by atoms with Crippen molar-refractivity contribution < 1.29 is 0 Å². The molecule has 2 unspecified atom stereocenters. The van der Waals surface area contributed by atoms with Gasteiger partial charge in [-0.15, -0.1) is 11.3 Å². The third-order valence-corrected chi connectivity index (χ3v) is 5.28. The van der Waals surface area contributed by atoms with E-state index < -0.39 is 0 Å². The van der Waals surface area contributed by atoms with Gasteiger partial charge in [-0.1, -0.05) is 27.2 Å². The maximum absolute atomic E-state index is 3.67. The Bertz CT molecular complexity index is 332. The molecule has 0 bridgehead atoms. The van der Waals surface area contributed by atoms with Crippen LogP contribution in [-0.2, 0) is 12.8 Å². The van der Waals surface area contributed by atoms with Crippen LogP contribution in [0.1, 0.15) is 61.4 Å². The SMILES string of the molecule is CCNC(c1cc2c(s1)CCCC2)C(C)CC. The van der Waals surface area contributed by atoms with Crippen LogP contribution in [0.5, 0.6) is 0 Å². The molecule has 0 fully saturated rings.